The highest BCUT2D eigenvalue weighted by molar-refractivity contribution is 5.76. The maximum absolute atomic E-state index is 13.1. The zero-order valence-corrected chi connectivity index (χ0v) is 41.0. The van der Waals surface area contributed by atoms with Gasteiger partial charge in [0.05, 0.1) is 38.6 Å². The monoisotopic (exact) mass is 992 g/mol. The van der Waals surface area contributed by atoms with Crippen LogP contribution in [0, 0.1) is 0 Å². The molecule has 3 fully saturated rings. The molecule has 0 bridgehead atoms. The number of aliphatic hydroxyl groups is 11. The third-order valence-electron chi connectivity index (χ3n) is 12.9. The quantitative estimate of drug-likeness (QED) is 0.0318. The lowest BCUT2D eigenvalue weighted by Crippen LogP contribution is -2.66. The first-order valence-electron chi connectivity index (χ1n) is 25.7. The van der Waals surface area contributed by atoms with Crippen LogP contribution in [0.3, 0.4) is 0 Å². The predicted octanol–water partition coefficient (Wildman–Crippen LogP) is 1.81. The highest BCUT2D eigenvalue weighted by atomic mass is 16.8. The number of aliphatic hydroxyl groups excluding tert-OH is 11. The van der Waals surface area contributed by atoms with Gasteiger partial charge in [0.2, 0.25) is 5.91 Å². The van der Waals surface area contributed by atoms with Gasteiger partial charge in [-0.3, -0.25) is 4.79 Å². The molecule has 12 N–H and O–H groups in total. The molecule has 17 atom stereocenters. The summed E-state index contributed by atoms with van der Waals surface area (Å²) in [7, 11) is 0. The SMILES string of the molecule is CCCCCCCCC/C=C/CC/C=C/CC/C=C/C(O)C(COC1OC(CO)C(OC2OC(CO)C(OC3OC(CO)C(O)C(O)C3O)C(O)C2O)C(O)C1O)NC(=O)CCCCCCCCC. The topological polar surface area (TPSA) is 307 Å². The van der Waals surface area contributed by atoms with Crippen molar-refractivity contribution in [2.45, 2.75) is 247 Å². The third kappa shape index (κ3) is 21.2. The van der Waals surface area contributed by atoms with Crippen molar-refractivity contribution >= 4 is 5.91 Å². The fraction of sp³-hybridized carbons (Fsp3) is 0.860. The maximum Gasteiger partial charge on any atom is 0.220 e. The van der Waals surface area contributed by atoms with Gasteiger partial charge in [-0.2, -0.15) is 0 Å². The molecule has 3 aliphatic rings. The lowest BCUT2D eigenvalue weighted by Gasteiger charge is -2.48. The molecule has 3 rings (SSSR count). The first kappa shape index (κ1) is 61.3. The molecule has 0 saturated carbocycles. The average molecular weight is 992 g/mol. The van der Waals surface area contributed by atoms with Gasteiger partial charge in [-0.05, 0) is 44.9 Å². The molecule has 19 heteroatoms. The molecular weight excluding hydrogens is 903 g/mol. The zero-order valence-electron chi connectivity index (χ0n) is 41.0. The van der Waals surface area contributed by atoms with E-state index in [9.17, 15) is 61.0 Å². The molecule has 3 saturated heterocycles. The fourth-order valence-electron chi connectivity index (χ4n) is 8.57. The van der Waals surface area contributed by atoms with Crippen molar-refractivity contribution in [2.75, 3.05) is 26.4 Å². The van der Waals surface area contributed by atoms with Gasteiger partial charge in [0, 0.05) is 6.42 Å². The Morgan fingerprint density at radius 2 is 0.928 bits per heavy atom. The van der Waals surface area contributed by atoms with E-state index >= 15 is 0 Å². The summed E-state index contributed by atoms with van der Waals surface area (Å²) in [6, 6.07) is -0.989. The van der Waals surface area contributed by atoms with Crippen LogP contribution in [0.1, 0.15) is 142 Å². The Balaban J connectivity index is 1.56. The Hall–Kier alpha value is -1.99. The Morgan fingerprint density at radius 3 is 1.45 bits per heavy atom. The number of carbonyl (C=O) groups excluding carboxylic acids is 1. The van der Waals surface area contributed by atoms with Crippen molar-refractivity contribution in [3.05, 3.63) is 36.5 Å². The second-order valence-corrected chi connectivity index (χ2v) is 18.6. The molecule has 0 aliphatic carbocycles. The van der Waals surface area contributed by atoms with Crippen molar-refractivity contribution in [1.82, 2.24) is 5.32 Å². The fourth-order valence-corrected chi connectivity index (χ4v) is 8.57. The summed E-state index contributed by atoms with van der Waals surface area (Å²) in [5.41, 5.74) is 0. The first-order chi connectivity index (χ1) is 33.3. The molecule has 0 spiro atoms. The number of rotatable bonds is 35. The van der Waals surface area contributed by atoms with Gasteiger partial charge in [0.1, 0.15) is 73.2 Å². The molecule has 1 amide bonds. The Kier molecular flexibility index (Phi) is 31.3. The summed E-state index contributed by atoms with van der Waals surface area (Å²) >= 11 is 0. The standard InChI is InChI=1S/C50H89NO18/c1-3-5-7-9-11-12-13-14-15-16-17-18-19-20-22-23-25-27-34(55)33(51-38(56)28-26-24-21-10-8-6-4-2)32-64-48-44(62)41(59)46(36(30-53)66-48)69-50-45(63)42(60)47(37(31-54)67-50)68-49-43(61)40(58)39(57)35(29-52)65-49/h15-16,19-20,25,27,33-37,39-50,52-55,57-63H,3-14,17-18,21-24,26,28-32H2,1-2H3,(H,51,56)/b16-15+,20-19+,27-25+. The van der Waals surface area contributed by atoms with Crippen LogP contribution in [0.5, 0.6) is 0 Å². The van der Waals surface area contributed by atoms with Crippen molar-refractivity contribution in [2.24, 2.45) is 0 Å². The molecule has 3 aliphatic heterocycles. The maximum atomic E-state index is 13.1. The van der Waals surface area contributed by atoms with E-state index < -0.39 is 124 Å². The van der Waals surface area contributed by atoms with Crippen LogP contribution in [-0.4, -0.2) is 193 Å². The van der Waals surface area contributed by atoms with Gasteiger partial charge in [-0.15, -0.1) is 0 Å². The zero-order chi connectivity index (χ0) is 50.6. The summed E-state index contributed by atoms with van der Waals surface area (Å²) in [5.74, 6) is -0.300. The Labute approximate surface area is 409 Å². The second kappa shape index (κ2) is 35.2. The number of carbonyl (C=O) groups is 1. The molecule has 19 nitrogen and oxygen atoms in total. The summed E-state index contributed by atoms with van der Waals surface area (Å²) in [4.78, 5) is 13.1. The van der Waals surface area contributed by atoms with Crippen LogP contribution < -0.4 is 5.32 Å². The first-order valence-corrected chi connectivity index (χ1v) is 25.7. The number of amides is 1. The number of nitrogens with one attached hydrogen (secondary N) is 1. The average Bonchev–Trinajstić information content (AvgIpc) is 3.34. The van der Waals surface area contributed by atoms with Crippen molar-refractivity contribution < 1.29 is 89.4 Å². The normalized spacial score (nSPS) is 33.1. The molecule has 0 radical (unpaired) electrons. The van der Waals surface area contributed by atoms with E-state index in [1.807, 2.05) is 6.08 Å². The summed E-state index contributed by atoms with van der Waals surface area (Å²) < 4.78 is 34.0. The number of hydrogen-bond acceptors (Lipinski definition) is 18. The van der Waals surface area contributed by atoms with Crippen LogP contribution in [0.25, 0.3) is 0 Å². The lowest BCUT2D eigenvalue weighted by molar-refractivity contribution is -0.379. The van der Waals surface area contributed by atoms with E-state index in [1.165, 1.54) is 51.4 Å². The van der Waals surface area contributed by atoms with Crippen molar-refractivity contribution in [3.8, 4) is 0 Å². The largest absolute Gasteiger partial charge is 0.394 e. The molecule has 17 unspecified atom stereocenters. The minimum Gasteiger partial charge on any atom is -0.394 e. The van der Waals surface area contributed by atoms with Crippen LogP contribution in [0.4, 0.5) is 0 Å². The Bertz CT molecular complexity index is 1420. The number of allylic oxidation sites excluding steroid dienone is 5. The third-order valence-corrected chi connectivity index (χ3v) is 12.9. The van der Waals surface area contributed by atoms with Crippen molar-refractivity contribution in [3.63, 3.8) is 0 Å². The van der Waals surface area contributed by atoms with Crippen LogP contribution in [-0.2, 0) is 33.2 Å². The van der Waals surface area contributed by atoms with E-state index in [4.69, 9.17) is 28.4 Å². The van der Waals surface area contributed by atoms with Gasteiger partial charge in [0.15, 0.2) is 18.9 Å². The van der Waals surface area contributed by atoms with Gasteiger partial charge in [-0.25, -0.2) is 0 Å². The van der Waals surface area contributed by atoms with E-state index in [-0.39, 0.29) is 18.9 Å². The molecule has 69 heavy (non-hydrogen) atoms. The van der Waals surface area contributed by atoms with E-state index in [0.717, 1.165) is 57.8 Å². The molecule has 0 aromatic rings. The van der Waals surface area contributed by atoms with Crippen LogP contribution in [0.2, 0.25) is 0 Å². The van der Waals surface area contributed by atoms with E-state index in [2.05, 4.69) is 43.5 Å². The molecular formula is C50H89NO18. The predicted molar refractivity (Wildman–Crippen MR) is 254 cm³/mol. The highest BCUT2D eigenvalue weighted by Crippen LogP contribution is 2.33. The highest BCUT2D eigenvalue weighted by Gasteiger charge is 2.53. The summed E-state index contributed by atoms with van der Waals surface area (Å²) in [6.45, 7) is 1.59. The number of ether oxygens (including phenoxy) is 6. The number of hydrogen-bond donors (Lipinski definition) is 12. The van der Waals surface area contributed by atoms with Gasteiger partial charge < -0.3 is 89.9 Å². The molecule has 0 aromatic heterocycles. The molecule has 402 valence electrons. The Morgan fingerprint density at radius 1 is 0.507 bits per heavy atom. The van der Waals surface area contributed by atoms with E-state index in [0.29, 0.717) is 12.8 Å². The number of unbranched alkanes of at least 4 members (excludes halogenated alkanes) is 15. The minimum atomic E-state index is -1.98. The lowest BCUT2D eigenvalue weighted by atomic mass is 9.96. The van der Waals surface area contributed by atoms with Gasteiger partial charge >= 0.3 is 0 Å². The molecule has 3 heterocycles. The van der Waals surface area contributed by atoms with Crippen molar-refractivity contribution in [1.29, 1.82) is 0 Å². The summed E-state index contributed by atoms with van der Waals surface area (Å²) in [5, 5.41) is 119. The van der Waals surface area contributed by atoms with Gasteiger partial charge in [0.25, 0.3) is 0 Å². The molecule has 0 aromatic carbocycles. The van der Waals surface area contributed by atoms with Gasteiger partial charge in [-0.1, -0.05) is 127 Å². The van der Waals surface area contributed by atoms with Crippen LogP contribution >= 0.6 is 0 Å². The van der Waals surface area contributed by atoms with E-state index in [1.54, 1.807) is 6.08 Å². The smallest absolute Gasteiger partial charge is 0.220 e. The second-order valence-electron chi connectivity index (χ2n) is 18.6. The minimum absolute atomic E-state index is 0.230. The van der Waals surface area contributed by atoms with Crippen LogP contribution in [0.15, 0.2) is 36.5 Å². The summed E-state index contributed by atoms with van der Waals surface area (Å²) in [6.07, 6.45) is 6.12.